The second-order valence-electron chi connectivity index (χ2n) is 8.61. The first kappa shape index (κ1) is 21.2. The quantitative estimate of drug-likeness (QED) is 0.630. The van der Waals surface area contributed by atoms with Crippen molar-refractivity contribution >= 4 is 18.1 Å². The summed E-state index contributed by atoms with van der Waals surface area (Å²) in [7, 11) is 0. The maximum atomic E-state index is 11.8. The Balaban J connectivity index is 1.26. The van der Waals surface area contributed by atoms with Gasteiger partial charge in [0.2, 0.25) is 11.8 Å². The van der Waals surface area contributed by atoms with E-state index in [0.717, 1.165) is 45.7 Å². The largest absolute Gasteiger partial charge is 0.412 e. The van der Waals surface area contributed by atoms with E-state index in [1.165, 1.54) is 11.1 Å². The van der Waals surface area contributed by atoms with E-state index < -0.39 is 0 Å². The second-order valence-corrected chi connectivity index (χ2v) is 8.96. The van der Waals surface area contributed by atoms with Crippen molar-refractivity contribution < 1.29 is 9.21 Å². The highest BCUT2D eigenvalue weighted by Gasteiger charge is 2.23. The number of carbonyl (C=O) groups is 1. The lowest BCUT2D eigenvalue weighted by Crippen LogP contribution is -2.46. The molecule has 0 bridgehead atoms. The van der Waals surface area contributed by atoms with Crippen LogP contribution in [-0.2, 0) is 24.6 Å². The predicted molar refractivity (Wildman–Crippen MR) is 117 cm³/mol. The minimum atomic E-state index is 0.167. The van der Waals surface area contributed by atoms with Crippen molar-refractivity contribution in [3.63, 3.8) is 0 Å². The summed E-state index contributed by atoms with van der Waals surface area (Å²) in [6.07, 6.45) is 1.53. The van der Waals surface area contributed by atoms with E-state index in [1.807, 2.05) is 0 Å². The van der Waals surface area contributed by atoms with E-state index in [4.69, 9.17) is 16.6 Å². The molecule has 30 heavy (non-hydrogen) atoms. The van der Waals surface area contributed by atoms with Crippen LogP contribution >= 0.6 is 12.2 Å². The van der Waals surface area contributed by atoms with Crippen LogP contribution in [-0.4, -0.2) is 63.1 Å². The fourth-order valence-corrected chi connectivity index (χ4v) is 4.28. The van der Waals surface area contributed by atoms with Gasteiger partial charge in [-0.3, -0.25) is 14.6 Å². The van der Waals surface area contributed by atoms with Crippen LogP contribution in [0.25, 0.3) is 0 Å². The number of hydrogen-bond acceptors (Lipinski definition) is 6. The molecule has 1 amide bonds. The van der Waals surface area contributed by atoms with Crippen LogP contribution in [0.4, 0.5) is 0 Å². The first-order valence-corrected chi connectivity index (χ1v) is 11.3. The third kappa shape index (κ3) is 5.17. The molecule has 0 atom stereocenters. The summed E-state index contributed by atoms with van der Waals surface area (Å²) in [5.74, 6) is 1.27. The van der Waals surface area contributed by atoms with Gasteiger partial charge in [0.15, 0.2) is 0 Å². The number of rotatable bonds is 7. The zero-order valence-corrected chi connectivity index (χ0v) is 18.7. The molecule has 0 unspecified atom stereocenters. The monoisotopic (exact) mass is 429 g/mol. The highest BCUT2D eigenvalue weighted by atomic mass is 32.1. The SMILES string of the molecule is CC(C)c1ccc(CN2CCN(Cn3nc(CN4CCCC4=O)oc3=S)CC2)cc1. The van der Waals surface area contributed by atoms with Gasteiger partial charge >= 0.3 is 0 Å². The lowest BCUT2D eigenvalue weighted by molar-refractivity contribution is -0.128. The molecule has 1 aromatic carbocycles. The van der Waals surface area contributed by atoms with E-state index >= 15 is 0 Å². The number of likely N-dealkylation sites (tertiary alicyclic amines) is 1. The third-order valence-corrected chi connectivity index (χ3v) is 6.29. The number of piperazine rings is 1. The van der Waals surface area contributed by atoms with Crippen LogP contribution in [0.5, 0.6) is 0 Å². The molecule has 2 fully saturated rings. The van der Waals surface area contributed by atoms with Crippen LogP contribution in [0.1, 0.15) is 49.6 Å². The molecule has 0 aliphatic carbocycles. The number of nitrogens with zero attached hydrogens (tertiary/aromatic N) is 5. The van der Waals surface area contributed by atoms with Crippen molar-refractivity contribution in [1.82, 2.24) is 24.5 Å². The maximum absolute atomic E-state index is 11.8. The second kappa shape index (κ2) is 9.41. The summed E-state index contributed by atoms with van der Waals surface area (Å²) in [5.41, 5.74) is 2.76. The molecule has 0 spiro atoms. The van der Waals surface area contributed by atoms with Crippen molar-refractivity contribution in [1.29, 1.82) is 0 Å². The molecule has 7 nitrogen and oxygen atoms in total. The minimum absolute atomic E-state index is 0.167. The number of amides is 1. The summed E-state index contributed by atoms with van der Waals surface area (Å²) in [6.45, 7) is 11.2. The van der Waals surface area contributed by atoms with Gasteiger partial charge in [-0.15, -0.1) is 5.10 Å². The van der Waals surface area contributed by atoms with E-state index in [9.17, 15) is 4.79 Å². The Morgan fingerprint density at radius 2 is 1.73 bits per heavy atom. The molecule has 162 valence electrons. The van der Waals surface area contributed by atoms with Gasteiger partial charge in [-0.05, 0) is 35.7 Å². The summed E-state index contributed by atoms with van der Waals surface area (Å²) < 4.78 is 7.37. The highest BCUT2D eigenvalue weighted by molar-refractivity contribution is 7.71. The zero-order valence-electron chi connectivity index (χ0n) is 17.9. The van der Waals surface area contributed by atoms with Gasteiger partial charge in [-0.25, -0.2) is 4.68 Å². The van der Waals surface area contributed by atoms with Crippen LogP contribution in [0, 0.1) is 4.84 Å². The van der Waals surface area contributed by atoms with Crippen molar-refractivity contribution in [2.24, 2.45) is 0 Å². The first-order valence-electron chi connectivity index (χ1n) is 10.9. The maximum Gasteiger partial charge on any atom is 0.288 e. The Kier molecular flexibility index (Phi) is 6.65. The molecular formula is C22H31N5O2S. The minimum Gasteiger partial charge on any atom is -0.412 e. The molecule has 2 aliphatic heterocycles. The van der Waals surface area contributed by atoms with Crippen molar-refractivity contribution in [2.45, 2.75) is 52.4 Å². The van der Waals surface area contributed by atoms with Crippen LogP contribution in [0.2, 0.25) is 0 Å². The van der Waals surface area contributed by atoms with Gasteiger partial charge in [0, 0.05) is 45.7 Å². The summed E-state index contributed by atoms with van der Waals surface area (Å²) in [6, 6.07) is 9.00. The predicted octanol–water partition coefficient (Wildman–Crippen LogP) is 3.23. The Morgan fingerprint density at radius 3 is 2.37 bits per heavy atom. The van der Waals surface area contributed by atoms with Crippen molar-refractivity contribution in [3.8, 4) is 0 Å². The molecule has 3 heterocycles. The molecule has 1 aromatic heterocycles. The van der Waals surface area contributed by atoms with Gasteiger partial charge in [-0.1, -0.05) is 38.1 Å². The van der Waals surface area contributed by atoms with Crippen LogP contribution in [0.3, 0.4) is 0 Å². The molecule has 2 aromatic rings. The Bertz CT molecular complexity index is 912. The smallest absolute Gasteiger partial charge is 0.288 e. The molecule has 0 N–H and O–H groups in total. The fourth-order valence-electron chi connectivity index (χ4n) is 4.08. The molecular weight excluding hydrogens is 398 g/mol. The Morgan fingerprint density at radius 1 is 1.03 bits per heavy atom. The number of aromatic nitrogens is 2. The van der Waals surface area contributed by atoms with E-state index in [-0.39, 0.29) is 5.91 Å². The van der Waals surface area contributed by atoms with Crippen LogP contribution in [0.15, 0.2) is 28.7 Å². The zero-order chi connectivity index (χ0) is 21.1. The molecule has 0 radical (unpaired) electrons. The van der Waals surface area contributed by atoms with Gasteiger partial charge in [0.05, 0.1) is 13.2 Å². The van der Waals surface area contributed by atoms with Gasteiger partial charge in [-0.2, -0.15) is 0 Å². The first-order chi connectivity index (χ1) is 14.5. The average molecular weight is 430 g/mol. The Labute approximate surface area is 183 Å². The van der Waals surface area contributed by atoms with Crippen LogP contribution < -0.4 is 0 Å². The lowest BCUT2D eigenvalue weighted by atomic mass is 10.0. The third-order valence-electron chi connectivity index (χ3n) is 6.00. The molecule has 2 aliphatic rings. The topological polar surface area (TPSA) is 57.8 Å². The van der Waals surface area contributed by atoms with Crippen molar-refractivity contribution in [2.75, 3.05) is 32.7 Å². The summed E-state index contributed by atoms with van der Waals surface area (Å²) >= 11 is 5.34. The van der Waals surface area contributed by atoms with Gasteiger partial charge in [0.25, 0.3) is 4.84 Å². The number of carbonyl (C=O) groups excluding carboxylic acids is 1. The van der Waals surface area contributed by atoms with E-state index in [1.54, 1.807) is 9.58 Å². The Hall–Kier alpha value is -2.03. The van der Waals surface area contributed by atoms with E-state index in [2.05, 4.69) is 53.0 Å². The highest BCUT2D eigenvalue weighted by Crippen LogP contribution is 2.17. The summed E-state index contributed by atoms with van der Waals surface area (Å²) in [4.78, 5) is 18.8. The molecule has 0 saturated carbocycles. The standard InChI is InChI=1S/C22H31N5O2S/c1-17(2)19-7-5-18(6-8-19)14-24-10-12-25(13-11-24)16-27-22(30)29-20(23-27)15-26-9-3-4-21(26)28/h5-8,17H,3-4,9-16H2,1-2H3. The lowest BCUT2D eigenvalue weighted by Gasteiger charge is -2.34. The number of hydrogen-bond donors (Lipinski definition) is 0. The number of benzene rings is 1. The normalized spacial score (nSPS) is 18.6. The molecule has 2 saturated heterocycles. The van der Waals surface area contributed by atoms with Gasteiger partial charge < -0.3 is 9.32 Å². The van der Waals surface area contributed by atoms with E-state index in [0.29, 0.717) is 36.3 Å². The molecule has 4 rings (SSSR count). The average Bonchev–Trinajstić information content (AvgIpc) is 3.29. The van der Waals surface area contributed by atoms with Gasteiger partial charge in [0.1, 0.15) is 0 Å². The summed E-state index contributed by atoms with van der Waals surface area (Å²) in [5, 5.41) is 4.51. The van der Waals surface area contributed by atoms with Crippen molar-refractivity contribution in [3.05, 3.63) is 46.1 Å². The molecule has 8 heteroatoms. The fraction of sp³-hybridized carbons (Fsp3) is 0.591.